The van der Waals surface area contributed by atoms with Crippen molar-refractivity contribution in [2.45, 2.75) is 6.92 Å². The van der Waals surface area contributed by atoms with E-state index in [1.165, 1.54) is 0 Å². The Morgan fingerprint density at radius 1 is 1.00 bits per heavy atom. The maximum atomic E-state index is 13.0. The fourth-order valence-corrected chi connectivity index (χ4v) is 3.62. The molecule has 0 aliphatic carbocycles. The molecule has 0 spiro atoms. The predicted molar refractivity (Wildman–Crippen MR) is 118 cm³/mol. The number of carbonyl (C=O) groups excluding carboxylic acids is 3. The van der Waals surface area contributed by atoms with E-state index >= 15 is 0 Å². The number of carbonyl (C=O) groups is 3. The van der Waals surface area contributed by atoms with Crippen LogP contribution >= 0.6 is 22.6 Å². The van der Waals surface area contributed by atoms with Gasteiger partial charge in [-0.1, -0.05) is 18.2 Å². The van der Waals surface area contributed by atoms with Crippen LogP contribution in [0.3, 0.4) is 0 Å². The van der Waals surface area contributed by atoms with Crippen molar-refractivity contribution in [1.82, 2.24) is 9.80 Å². The number of para-hydroxylation sites is 1. The molecule has 3 rings (SSSR count). The van der Waals surface area contributed by atoms with E-state index < -0.39 is 0 Å². The molecule has 152 valence electrons. The number of halogens is 1. The van der Waals surface area contributed by atoms with Crippen molar-refractivity contribution in [3.8, 4) is 0 Å². The zero-order valence-corrected chi connectivity index (χ0v) is 18.2. The lowest BCUT2D eigenvalue weighted by atomic mass is 10.1. The summed E-state index contributed by atoms with van der Waals surface area (Å²) in [6.07, 6.45) is -0.357. The van der Waals surface area contributed by atoms with Crippen molar-refractivity contribution >= 4 is 46.2 Å². The number of rotatable bonds is 4. The van der Waals surface area contributed by atoms with Gasteiger partial charge < -0.3 is 19.9 Å². The van der Waals surface area contributed by atoms with Crippen molar-refractivity contribution in [1.29, 1.82) is 0 Å². The lowest BCUT2D eigenvalue weighted by Gasteiger charge is -2.34. The summed E-state index contributed by atoms with van der Waals surface area (Å²) in [7, 11) is 0. The zero-order chi connectivity index (χ0) is 20.8. The maximum Gasteiger partial charge on any atom is 0.409 e. The Kier molecular flexibility index (Phi) is 7.08. The van der Waals surface area contributed by atoms with Gasteiger partial charge in [-0.05, 0) is 59.8 Å². The lowest BCUT2D eigenvalue weighted by Crippen LogP contribution is -2.50. The molecule has 3 amide bonds. The molecule has 2 aromatic rings. The van der Waals surface area contributed by atoms with Crippen LogP contribution in [0, 0.1) is 3.57 Å². The van der Waals surface area contributed by atoms with E-state index in [9.17, 15) is 14.4 Å². The van der Waals surface area contributed by atoms with Crippen LogP contribution < -0.4 is 5.32 Å². The first kappa shape index (κ1) is 21.1. The summed E-state index contributed by atoms with van der Waals surface area (Å²) < 4.78 is 5.97. The van der Waals surface area contributed by atoms with E-state index in [0.29, 0.717) is 49.6 Å². The second-order valence-electron chi connectivity index (χ2n) is 6.49. The Labute approximate surface area is 183 Å². The summed E-state index contributed by atoms with van der Waals surface area (Å²) in [5.41, 5.74) is 1.42. The van der Waals surface area contributed by atoms with E-state index in [1.807, 2.05) is 12.1 Å². The molecule has 7 nitrogen and oxygen atoms in total. The van der Waals surface area contributed by atoms with Gasteiger partial charge in [0.1, 0.15) is 0 Å². The standard InChI is InChI=1S/C21H22IN3O4/c1-2-29-21(28)25-12-10-24(11-13-25)20(27)17-8-3-4-9-18(17)23-19(26)15-6-5-7-16(22)14-15/h3-9,14H,2,10-13H2,1H3,(H,23,26). The van der Waals surface area contributed by atoms with Gasteiger partial charge in [-0.15, -0.1) is 0 Å². The number of nitrogens with zero attached hydrogens (tertiary/aromatic N) is 2. The van der Waals surface area contributed by atoms with Crippen LogP contribution in [0.1, 0.15) is 27.6 Å². The highest BCUT2D eigenvalue weighted by atomic mass is 127. The van der Waals surface area contributed by atoms with Crippen LogP contribution in [0.4, 0.5) is 10.5 Å². The van der Waals surface area contributed by atoms with Crippen LogP contribution in [0.2, 0.25) is 0 Å². The van der Waals surface area contributed by atoms with Crippen LogP contribution in [0.25, 0.3) is 0 Å². The summed E-state index contributed by atoms with van der Waals surface area (Å²) in [6, 6.07) is 14.2. The van der Waals surface area contributed by atoms with E-state index in [0.717, 1.165) is 3.57 Å². The van der Waals surface area contributed by atoms with E-state index in [4.69, 9.17) is 4.74 Å². The summed E-state index contributed by atoms with van der Waals surface area (Å²) in [6.45, 7) is 3.75. The van der Waals surface area contributed by atoms with Crippen LogP contribution in [0.15, 0.2) is 48.5 Å². The number of nitrogens with one attached hydrogen (secondary N) is 1. The third-order valence-corrected chi connectivity index (χ3v) is 5.26. The molecule has 0 unspecified atom stereocenters. The number of piperazine rings is 1. The molecule has 0 radical (unpaired) electrons. The van der Waals surface area contributed by atoms with Gasteiger partial charge in [-0.2, -0.15) is 0 Å². The Morgan fingerprint density at radius 3 is 2.38 bits per heavy atom. The molecule has 0 aromatic heterocycles. The number of hydrogen-bond donors (Lipinski definition) is 1. The van der Waals surface area contributed by atoms with Crippen LogP contribution in [-0.2, 0) is 4.74 Å². The number of amides is 3. The number of anilines is 1. The minimum absolute atomic E-state index is 0.174. The Morgan fingerprint density at radius 2 is 1.69 bits per heavy atom. The highest BCUT2D eigenvalue weighted by Crippen LogP contribution is 2.20. The van der Waals surface area contributed by atoms with E-state index in [1.54, 1.807) is 53.1 Å². The average molecular weight is 507 g/mol. The second kappa shape index (κ2) is 9.73. The second-order valence-corrected chi connectivity index (χ2v) is 7.73. The van der Waals surface area contributed by atoms with Crippen molar-refractivity contribution < 1.29 is 19.1 Å². The Hall–Kier alpha value is -2.62. The quantitative estimate of drug-likeness (QED) is 0.644. The van der Waals surface area contributed by atoms with Gasteiger partial charge in [0.2, 0.25) is 0 Å². The van der Waals surface area contributed by atoms with Crippen LogP contribution in [-0.4, -0.2) is 60.5 Å². The van der Waals surface area contributed by atoms with E-state index in [2.05, 4.69) is 27.9 Å². The molecule has 1 aliphatic heterocycles. The highest BCUT2D eigenvalue weighted by molar-refractivity contribution is 14.1. The molecule has 1 heterocycles. The molecule has 8 heteroatoms. The van der Waals surface area contributed by atoms with Gasteiger partial charge in [0.05, 0.1) is 17.9 Å². The average Bonchev–Trinajstić information content (AvgIpc) is 2.74. The predicted octanol–water partition coefficient (Wildman–Crippen LogP) is 3.46. The van der Waals surface area contributed by atoms with Crippen molar-refractivity contribution in [3.63, 3.8) is 0 Å². The summed E-state index contributed by atoms with van der Waals surface area (Å²) in [5.74, 6) is -0.442. The van der Waals surface area contributed by atoms with Crippen LogP contribution in [0.5, 0.6) is 0 Å². The van der Waals surface area contributed by atoms with E-state index in [-0.39, 0.29) is 17.9 Å². The maximum absolute atomic E-state index is 13.0. The molecule has 0 atom stereocenters. The molecule has 0 saturated carbocycles. The number of hydrogen-bond acceptors (Lipinski definition) is 4. The lowest BCUT2D eigenvalue weighted by molar-refractivity contribution is 0.0571. The van der Waals surface area contributed by atoms with Gasteiger partial charge in [0.15, 0.2) is 0 Å². The molecular weight excluding hydrogens is 485 g/mol. The minimum Gasteiger partial charge on any atom is -0.450 e. The SMILES string of the molecule is CCOC(=O)N1CCN(C(=O)c2ccccc2NC(=O)c2cccc(I)c2)CC1. The highest BCUT2D eigenvalue weighted by Gasteiger charge is 2.27. The zero-order valence-electron chi connectivity index (χ0n) is 16.1. The summed E-state index contributed by atoms with van der Waals surface area (Å²) in [4.78, 5) is 40.7. The molecule has 0 bridgehead atoms. The smallest absolute Gasteiger partial charge is 0.409 e. The fraction of sp³-hybridized carbons (Fsp3) is 0.286. The Balaban J connectivity index is 1.69. The Bertz CT molecular complexity index is 910. The van der Waals surface area contributed by atoms with Gasteiger partial charge in [0, 0.05) is 35.3 Å². The molecule has 1 aliphatic rings. The molecule has 1 N–H and O–H groups in total. The largest absolute Gasteiger partial charge is 0.450 e. The monoisotopic (exact) mass is 507 g/mol. The van der Waals surface area contributed by atoms with Gasteiger partial charge in [-0.25, -0.2) is 4.79 Å². The molecule has 29 heavy (non-hydrogen) atoms. The van der Waals surface area contributed by atoms with Crippen molar-refractivity contribution in [2.75, 3.05) is 38.1 Å². The minimum atomic E-state index is -0.357. The first-order valence-corrected chi connectivity index (χ1v) is 10.4. The van der Waals surface area contributed by atoms with Crippen molar-refractivity contribution in [2.24, 2.45) is 0 Å². The first-order valence-electron chi connectivity index (χ1n) is 9.36. The molecular formula is C21H22IN3O4. The van der Waals surface area contributed by atoms with Crippen molar-refractivity contribution in [3.05, 3.63) is 63.2 Å². The molecule has 1 saturated heterocycles. The normalized spacial score (nSPS) is 13.7. The summed E-state index contributed by atoms with van der Waals surface area (Å²) in [5, 5.41) is 2.84. The topological polar surface area (TPSA) is 79.0 Å². The fourth-order valence-electron chi connectivity index (χ4n) is 3.08. The molecule has 2 aromatic carbocycles. The van der Waals surface area contributed by atoms with Gasteiger partial charge >= 0.3 is 6.09 Å². The third kappa shape index (κ3) is 5.26. The van der Waals surface area contributed by atoms with Gasteiger partial charge in [0.25, 0.3) is 11.8 Å². The van der Waals surface area contributed by atoms with Gasteiger partial charge in [-0.3, -0.25) is 9.59 Å². The summed E-state index contributed by atoms with van der Waals surface area (Å²) >= 11 is 2.15. The number of benzene rings is 2. The third-order valence-electron chi connectivity index (χ3n) is 4.59. The first-order chi connectivity index (χ1) is 14.0. The molecule has 1 fully saturated rings. The number of ether oxygens (including phenoxy) is 1.